The van der Waals surface area contributed by atoms with E-state index in [0.717, 1.165) is 19.6 Å². The summed E-state index contributed by atoms with van der Waals surface area (Å²) in [5.74, 6) is 0.0353. The number of carbonyl (C=O) groups is 1. The molecule has 82 valence electrons. The molecule has 0 bridgehead atoms. The van der Waals surface area contributed by atoms with Crippen LogP contribution in [0.15, 0.2) is 0 Å². The van der Waals surface area contributed by atoms with E-state index in [1.807, 2.05) is 6.92 Å². The van der Waals surface area contributed by atoms with Crippen LogP contribution in [0.5, 0.6) is 0 Å². The summed E-state index contributed by atoms with van der Waals surface area (Å²) < 4.78 is 5.30. The van der Waals surface area contributed by atoms with Crippen LogP contribution in [-0.2, 0) is 9.53 Å². The Labute approximate surface area is 85.2 Å². The van der Waals surface area contributed by atoms with Gasteiger partial charge in [0.15, 0.2) is 0 Å². The van der Waals surface area contributed by atoms with E-state index >= 15 is 0 Å². The Morgan fingerprint density at radius 1 is 1.71 bits per heavy atom. The molecule has 0 aromatic rings. The monoisotopic (exact) mass is 200 g/mol. The molecule has 14 heavy (non-hydrogen) atoms. The molecule has 2 atom stereocenters. The van der Waals surface area contributed by atoms with E-state index in [1.165, 1.54) is 0 Å². The number of carbonyl (C=O) groups excluding carboxylic acids is 1. The van der Waals surface area contributed by atoms with Gasteiger partial charge in [-0.1, -0.05) is 6.92 Å². The summed E-state index contributed by atoms with van der Waals surface area (Å²) in [6.07, 6.45) is 1.42. The van der Waals surface area contributed by atoms with Crippen LogP contribution in [0.2, 0.25) is 0 Å². The zero-order valence-corrected chi connectivity index (χ0v) is 9.01. The molecule has 1 saturated heterocycles. The van der Waals surface area contributed by atoms with Crippen LogP contribution in [0.1, 0.15) is 26.7 Å². The third-order valence-corrected chi connectivity index (χ3v) is 2.52. The first-order valence-corrected chi connectivity index (χ1v) is 5.12. The number of ether oxygens (including phenoxy) is 1. The van der Waals surface area contributed by atoms with Crippen LogP contribution in [-0.4, -0.2) is 31.7 Å². The zero-order valence-electron chi connectivity index (χ0n) is 9.01. The van der Waals surface area contributed by atoms with Crippen molar-refractivity contribution in [2.75, 3.05) is 19.8 Å². The standard InChI is InChI=1S/C10H20N2O2/c1-8(11)5-9(13)12-6-10(2)3-4-14-7-10/h8H,3-7,11H2,1-2H3,(H,12,13). The maximum atomic E-state index is 11.3. The second-order valence-electron chi connectivity index (χ2n) is 4.57. The summed E-state index contributed by atoms with van der Waals surface area (Å²) in [5.41, 5.74) is 5.64. The van der Waals surface area contributed by atoms with Crippen LogP contribution < -0.4 is 11.1 Å². The summed E-state index contributed by atoms with van der Waals surface area (Å²) in [6.45, 7) is 6.20. The molecule has 3 N–H and O–H groups in total. The number of nitrogens with two attached hydrogens (primary N) is 1. The minimum absolute atomic E-state index is 0.0353. The van der Waals surface area contributed by atoms with Crippen molar-refractivity contribution in [1.29, 1.82) is 0 Å². The molecule has 1 aliphatic rings. The predicted octanol–water partition coefficient (Wildman–Crippen LogP) is 0.267. The summed E-state index contributed by atoms with van der Waals surface area (Å²) in [4.78, 5) is 11.3. The van der Waals surface area contributed by atoms with Crippen molar-refractivity contribution in [3.8, 4) is 0 Å². The van der Waals surface area contributed by atoms with Gasteiger partial charge in [-0.2, -0.15) is 0 Å². The van der Waals surface area contributed by atoms with Gasteiger partial charge < -0.3 is 15.8 Å². The van der Waals surface area contributed by atoms with Gasteiger partial charge >= 0.3 is 0 Å². The van der Waals surface area contributed by atoms with Crippen molar-refractivity contribution in [3.63, 3.8) is 0 Å². The molecule has 4 heteroatoms. The van der Waals surface area contributed by atoms with Crippen LogP contribution >= 0.6 is 0 Å². The fourth-order valence-corrected chi connectivity index (χ4v) is 1.53. The molecular formula is C10H20N2O2. The highest BCUT2D eigenvalue weighted by Gasteiger charge is 2.29. The second kappa shape index (κ2) is 4.75. The molecule has 1 aliphatic heterocycles. The Morgan fingerprint density at radius 2 is 2.43 bits per heavy atom. The third kappa shape index (κ3) is 3.64. The minimum atomic E-state index is -0.0670. The highest BCUT2D eigenvalue weighted by Crippen LogP contribution is 2.26. The normalized spacial score (nSPS) is 28.8. The Kier molecular flexibility index (Phi) is 3.89. The lowest BCUT2D eigenvalue weighted by Gasteiger charge is -2.22. The fourth-order valence-electron chi connectivity index (χ4n) is 1.53. The second-order valence-corrected chi connectivity index (χ2v) is 4.57. The van der Waals surface area contributed by atoms with E-state index in [9.17, 15) is 4.79 Å². The Bertz CT molecular complexity index is 198. The fraction of sp³-hybridized carbons (Fsp3) is 0.900. The number of rotatable bonds is 4. The Balaban J connectivity index is 2.22. The third-order valence-electron chi connectivity index (χ3n) is 2.52. The van der Waals surface area contributed by atoms with Crippen molar-refractivity contribution < 1.29 is 9.53 Å². The molecule has 0 aromatic heterocycles. The molecule has 1 fully saturated rings. The minimum Gasteiger partial charge on any atom is -0.381 e. The van der Waals surface area contributed by atoms with Crippen molar-refractivity contribution in [2.24, 2.45) is 11.1 Å². The molecule has 0 aromatic carbocycles. The summed E-state index contributed by atoms with van der Waals surface area (Å²) >= 11 is 0. The average molecular weight is 200 g/mol. The van der Waals surface area contributed by atoms with Crippen LogP contribution in [0, 0.1) is 5.41 Å². The molecule has 2 unspecified atom stereocenters. The van der Waals surface area contributed by atoms with E-state index in [4.69, 9.17) is 10.5 Å². The van der Waals surface area contributed by atoms with E-state index in [1.54, 1.807) is 0 Å². The van der Waals surface area contributed by atoms with E-state index in [2.05, 4.69) is 12.2 Å². The lowest BCUT2D eigenvalue weighted by molar-refractivity contribution is -0.121. The quantitative estimate of drug-likeness (QED) is 0.684. The van der Waals surface area contributed by atoms with E-state index in [0.29, 0.717) is 13.0 Å². The van der Waals surface area contributed by atoms with Crippen molar-refractivity contribution in [1.82, 2.24) is 5.32 Å². The molecule has 1 rings (SSSR count). The van der Waals surface area contributed by atoms with Gasteiger partial charge in [-0.25, -0.2) is 0 Å². The molecule has 1 heterocycles. The SMILES string of the molecule is CC(N)CC(=O)NCC1(C)CCOC1. The van der Waals surface area contributed by atoms with Gasteiger partial charge in [0.2, 0.25) is 5.91 Å². The highest BCUT2D eigenvalue weighted by molar-refractivity contribution is 5.76. The summed E-state index contributed by atoms with van der Waals surface area (Å²) in [6, 6.07) is -0.0670. The van der Waals surface area contributed by atoms with Gasteiger partial charge in [0.05, 0.1) is 6.61 Å². The van der Waals surface area contributed by atoms with Gasteiger partial charge in [-0.05, 0) is 13.3 Å². The van der Waals surface area contributed by atoms with Gasteiger partial charge in [-0.3, -0.25) is 4.79 Å². The molecule has 1 amide bonds. The average Bonchev–Trinajstić information content (AvgIpc) is 2.49. The van der Waals surface area contributed by atoms with Gasteiger partial charge in [-0.15, -0.1) is 0 Å². The predicted molar refractivity (Wildman–Crippen MR) is 54.8 cm³/mol. The van der Waals surface area contributed by atoms with Gasteiger partial charge in [0.25, 0.3) is 0 Å². The number of amides is 1. The molecule has 0 spiro atoms. The van der Waals surface area contributed by atoms with Gasteiger partial charge in [0, 0.05) is 31.0 Å². The van der Waals surface area contributed by atoms with E-state index in [-0.39, 0.29) is 17.4 Å². The molecule has 0 saturated carbocycles. The first kappa shape index (κ1) is 11.5. The maximum Gasteiger partial charge on any atom is 0.221 e. The van der Waals surface area contributed by atoms with Crippen LogP contribution in [0.3, 0.4) is 0 Å². The molecule has 0 aliphatic carbocycles. The molecular weight excluding hydrogens is 180 g/mol. The topological polar surface area (TPSA) is 64.4 Å². The first-order chi connectivity index (χ1) is 6.52. The van der Waals surface area contributed by atoms with Crippen molar-refractivity contribution >= 4 is 5.91 Å². The Morgan fingerprint density at radius 3 is 2.93 bits per heavy atom. The van der Waals surface area contributed by atoms with Crippen LogP contribution in [0.25, 0.3) is 0 Å². The highest BCUT2D eigenvalue weighted by atomic mass is 16.5. The summed E-state index contributed by atoms with van der Waals surface area (Å²) in [5, 5.41) is 2.90. The lowest BCUT2D eigenvalue weighted by Crippen LogP contribution is -2.38. The number of nitrogens with one attached hydrogen (secondary N) is 1. The maximum absolute atomic E-state index is 11.3. The Hall–Kier alpha value is -0.610. The van der Waals surface area contributed by atoms with Gasteiger partial charge in [0.1, 0.15) is 0 Å². The largest absolute Gasteiger partial charge is 0.381 e. The zero-order chi connectivity index (χ0) is 10.6. The van der Waals surface area contributed by atoms with Crippen molar-refractivity contribution in [3.05, 3.63) is 0 Å². The van der Waals surface area contributed by atoms with Crippen molar-refractivity contribution in [2.45, 2.75) is 32.7 Å². The lowest BCUT2D eigenvalue weighted by atomic mass is 9.90. The first-order valence-electron chi connectivity index (χ1n) is 5.12. The molecule has 4 nitrogen and oxygen atoms in total. The van der Waals surface area contributed by atoms with E-state index < -0.39 is 0 Å². The summed E-state index contributed by atoms with van der Waals surface area (Å²) in [7, 11) is 0. The van der Waals surface area contributed by atoms with Crippen LogP contribution in [0.4, 0.5) is 0 Å². The number of hydrogen-bond acceptors (Lipinski definition) is 3. The molecule has 0 radical (unpaired) electrons. The number of hydrogen-bond donors (Lipinski definition) is 2. The smallest absolute Gasteiger partial charge is 0.221 e.